The summed E-state index contributed by atoms with van der Waals surface area (Å²) < 4.78 is 7.14. The molecule has 148 valence electrons. The van der Waals surface area contributed by atoms with E-state index in [1.165, 1.54) is 0 Å². The number of hydrogen-bond donors (Lipinski definition) is 3. The molecule has 0 bridgehead atoms. The van der Waals surface area contributed by atoms with Crippen LogP contribution in [-0.2, 0) is 20.0 Å². The summed E-state index contributed by atoms with van der Waals surface area (Å²) in [6.07, 6.45) is 4.42. The van der Waals surface area contributed by atoms with Crippen molar-refractivity contribution in [3.8, 4) is 5.75 Å². The van der Waals surface area contributed by atoms with Gasteiger partial charge in [-0.15, -0.1) is 12.4 Å². The monoisotopic (exact) mass is 402 g/mol. The number of imidazole rings is 1. The van der Waals surface area contributed by atoms with Crippen molar-refractivity contribution in [1.82, 2.24) is 30.4 Å². The van der Waals surface area contributed by atoms with E-state index in [1.807, 2.05) is 42.1 Å². The summed E-state index contributed by atoms with van der Waals surface area (Å²) >= 11 is 0. The van der Waals surface area contributed by atoms with Crippen LogP contribution in [0, 0.1) is 0 Å². The normalized spacial score (nSPS) is 13.9. The minimum absolute atomic E-state index is 0. The van der Waals surface area contributed by atoms with E-state index >= 15 is 0 Å². The molecule has 1 aliphatic rings. The molecule has 0 radical (unpaired) electrons. The van der Waals surface area contributed by atoms with Gasteiger partial charge in [-0.3, -0.25) is 9.89 Å². The molecule has 0 aliphatic carbocycles. The maximum Gasteiger partial charge on any atom is 0.272 e. The number of aromatic nitrogens is 4. The topological polar surface area (TPSA) is 96.9 Å². The van der Waals surface area contributed by atoms with Gasteiger partial charge < -0.3 is 19.9 Å². The smallest absolute Gasteiger partial charge is 0.272 e. The number of fused-ring (bicyclic) bond motifs is 1. The number of methoxy groups -OCH3 is 1. The van der Waals surface area contributed by atoms with Gasteiger partial charge in [0, 0.05) is 50.2 Å². The number of rotatable bonds is 5. The van der Waals surface area contributed by atoms with Crippen molar-refractivity contribution < 1.29 is 9.53 Å². The average molecular weight is 403 g/mol. The standard InChI is InChI=1S/C19H22N6O2.ClH/c1-25-10-9-21-18(25)16(12-3-5-13(27-2)6-4-12)22-19(26)17-14-11-20-8-7-15(14)23-24-17;/h3-6,9-10,16,20H,7-8,11H2,1-2H3,(H,22,26)(H,23,24);1H. The molecule has 0 fully saturated rings. The Labute approximate surface area is 169 Å². The van der Waals surface area contributed by atoms with Crippen LogP contribution in [0.4, 0.5) is 0 Å². The van der Waals surface area contributed by atoms with Gasteiger partial charge in [0.15, 0.2) is 5.69 Å². The van der Waals surface area contributed by atoms with Gasteiger partial charge in [0.05, 0.1) is 7.11 Å². The largest absolute Gasteiger partial charge is 0.497 e. The van der Waals surface area contributed by atoms with E-state index in [2.05, 4.69) is 25.8 Å². The van der Waals surface area contributed by atoms with Gasteiger partial charge in [-0.2, -0.15) is 5.10 Å². The fourth-order valence-electron chi connectivity index (χ4n) is 3.36. The average Bonchev–Trinajstić information content (AvgIpc) is 3.32. The van der Waals surface area contributed by atoms with Crippen molar-refractivity contribution >= 4 is 18.3 Å². The number of aromatic amines is 1. The Bertz CT molecular complexity index is 950. The van der Waals surface area contributed by atoms with Crippen molar-refractivity contribution in [2.24, 2.45) is 7.05 Å². The van der Waals surface area contributed by atoms with Crippen LogP contribution in [0.25, 0.3) is 0 Å². The molecule has 9 heteroatoms. The van der Waals surface area contributed by atoms with Gasteiger partial charge in [0.1, 0.15) is 17.6 Å². The maximum atomic E-state index is 13.0. The molecule has 3 N–H and O–H groups in total. The fourth-order valence-corrected chi connectivity index (χ4v) is 3.36. The number of carbonyl (C=O) groups is 1. The second-order valence-electron chi connectivity index (χ2n) is 6.53. The number of ether oxygens (including phenoxy) is 1. The van der Waals surface area contributed by atoms with Crippen LogP contribution in [0.2, 0.25) is 0 Å². The highest BCUT2D eigenvalue weighted by Gasteiger charge is 2.26. The molecule has 2 aromatic heterocycles. The van der Waals surface area contributed by atoms with Gasteiger partial charge in [0.25, 0.3) is 5.91 Å². The lowest BCUT2D eigenvalue weighted by molar-refractivity contribution is 0.0935. The van der Waals surface area contributed by atoms with Crippen LogP contribution < -0.4 is 15.4 Å². The van der Waals surface area contributed by atoms with E-state index in [0.29, 0.717) is 12.2 Å². The molecule has 0 saturated carbocycles. The molecular weight excluding hydrogens is 380 g/mol. The third-order valence-electron chi connectivity index (χ3n) is 4.86. The Hall–Kier alpha value is -2.84. The van der Waals surface area contributed by atoms with E-state index in [1.54, 1.807) is 13.3 Å². The quantitative estimate of drug-likeness (QED) is 0.604. The second-order valence-corrected chi connectivity index (χ2v) is 6.53. The molecule has 3 heterocycles. The van der Waals surface area contributed by atoms with Crippen LogP contribution in [0.3, 0.4) is 0 Å². The Kier molecular flexibility index (Phi) is 6.01. The van der Waals surface area contributed by atoms with E-state index in [9.17, 15) is 4.79 Å². The number of H-pyrrole nitrogens is 1. The first-order valence-electron chi connectivity index (χ1n) is 8.86. The summed E-state index contributed by atoms with van der Waals surface area (Å²) in [5.41, 5.74) is 3.31. The molecule has 1 aliphatic heterocycles. The van der Waals surface area contributed by atoms with Gasteiger partial charge in [0.2, 0.25) is 0 Å². The van der Waals surface area contributed by atoms with E-state index in [-0.39, 0.29) is 18.3 Å². The number of hydrogen-bond acceptors (Lipinski definition) is 5. The van der Waals surface area contributed by atoms with Gasteiger partial charge >= 0.3 is 0 Å². The van der Waals surface area contributed by atoms with Crippen molar-refractivity contribution in [2.45, 2.75) is 19.0 Å². The van der Waals surface area contributed by atoms with Crippen LogP contribution >= 0.6 is 12.4 Å². The minimum atomic E-state index is -0.396. The summed E-state index contributed by atoms with van der Waals surface area (Å²) in [7, 11) is 3.53. The predicted molar refractivity (Wildman–Crippen MR) is 107 cm³/mol. The van der Waals surface area contributed by atoms with Gasteiger partial charge in [-0.25, -0.2) is 4.98 Å². The molecule has 3 aromatic rings. The van der Waals surface area contributed by atoms with Crippen LogP contribution in [0.15, 0.2) is 36.7 Å². The first-order chi connectivity index (χ1) is 13.2. The maximum absolute atomic E-state index is 13.0. The number of carbonyl (C=O) groups excluding carboxylic acids is 1. The Morgan fingerprint density at radius 2 is 2.11 bits per heavy atom. The van der Waals surface area contributed by atoms with E-state index < -0.39 is 6.04 Å². The van der Waals surface area contributed by atoms with Crippen molar-refractivity contribution in [1.29, 1.82) is 0 Å². The number of benzene rings is 1. The van der Waals surface area contributed by atoms with Crippen LogP contribution in [0.1, 0.15) is 39.2 Å². The van der Waals surface area contributed by atoms with E-state index in [4.69, 9.17) is 4.74 Å². The molecular formula is C19H23ClN6O2. The minimum Gasteiger partial charge on any atom is -0.497 e. The molecule has 28 heavy (non-hydrogen) atoms. The number of aryl methyl sites for hydroxylation is 1. The molecule has 1 unspecified atom stereocenters. The van der Waals surface area contributed by atoms with Crippen molar-refractivity contribution in [3.05, 3.63) is 65.0 Å². The molecule has 0 saturated heterocycles. The highest BCUT2D eigenvalue weighted by Crippen LogP contribution is 2.24. The first kappa shape index (κ1) is 19.9. The first-order valence-corrected chi connectivity index (χ1v) is 8.86. The number of amides is 1. The van der Waals surface area contributed by atoms with Crippen molar-refractivity contribution in [2.75, 3.05) is 13.7 Å². The Balaban J connectivity index is 0.00000225. The second kappa shape index (κ2) is 8.45. The fraction of sp³-hybridized carbons (Fsp3) is 0.316. The predicted octanol–water partition coefficient (Wildman–Crippen LogP) is 1.74. The third-order valence-corrected chi connectivity index (χ3v) is 4.86. The Morgan fingerprint density at radius 1 is 1.32 bits per heavy atom. The lowest BCUT2D eigenvalue weighted by atomic mass is 10.0. The lowest BCUT2D eigenvalue weighted by Crippen LogP contribution is -2.33. The SMILES string of the molecule is COc1ccc(C(NC(=O)c2n[nH]c3c2CNCC3)c2nccn2C)cc1.Cl. The zero-order valence-corrected chi connectivity index (χ0v) is 16.5. The molecule has 8 nitrogen and oxygen atoms in total. The lowest BCUT2D eigenvalue weighted by Gasteiger charge is -2.20. The Morgan fingerprint density at radius 3 is 2.79 bits per heavy atom. The van der Waals surface area contributed by atoms with Crippen molar-refractivity contribution in [3.63, 3.8) is 0 Å². The molecule has 1 amide bonds. The summed E-state index contributed by atoms with van der Waals surface area (Å²) in [6, 6.07) is 7.21. The zero-order valence-electron chi connectivity index (χ0n) is 15.7. The summed E-state index contributed by atoms with van der Waals surface area (Å²) in [4.78, 5) is 17.4. The molecule has 1 aromatic carbocycles. The summed E-state index contributed by atoms with van der Waals surface area (Å²) in [6.45, 7) is 1.53. The number of nitrogens with zero attached hydrogens (tertiary/aromatic N) is 3. The number of nitrogens with one attached hydrogen (secondary N) is 3. The number of halogens is 1. The highest BCUT2D eigenvalue weighted by atomic mass is 35.5. The summed E-state index contributed by atoms with van der Waals surface area (Å²) in [5.74, 6) is 1.28. The van der Waals surface area contributed by atoms with Crippen LogP contribution in [-0.4, -0.2) is 39.3 Å². The highest BCUT2D eigenvalue weighted by molar-refractivity contribution is 5.94. The molecule has 0 spiro atoms. The summed E-state index contributed by atoms with van der Waals surface area (Å²) in [5, 5.41) is 13.6. The molecule has 1 atom stereocenters. The molecule has 4 rings (SSSR count). The van der Waals surface area contributed by atoms with Crippen LogP contribution in [0.5, 0.6) is 5.75 Å². The van der Waals surface area contributed by atoms with Gasteiger partial charge in [-0.1, -0.05) is 12.1 Å². The van der Waals surface area contributed by atoms with Gasteiger partial charge in [-0.05, 0) is 17.7 Å². The zero-order chi connectivity index (χ0) is 18.8. The van der Waals surface area contributed by atoms with E-state index in [0.717, 1.165) is 41.4 Å². The third kappa shape index (κ3) is 3.74.